The van der Waals surface area contributed by atoms with Gasteiger partial charge in [0, 0.05) is 16.2 Å². The predicted octanol–water partition coefficient (Wildman–Crippen LogP) is 4.55. The van der Waals surface area contributed by atoms with Crippen LogP contribution in [0, 0.1) is 0 Å². The van der Waals surface area contributed by atoms with Crippen LogP contribution in [0.5, 0.6) is 0 Å². The summed E-state index contributed by atoms with van der Waals surface area (Å²) in [5, 5.41) is 4.09. The summed E-state index contributed by atoms with van der Waals surface area (Å²) in [6.07, 6.45) is 3.33. The number of nitrogens with zero attached hydrogens (tertiary/aromatic N) is 2. The fourth-order valence-corrected chi connectivity index (χ4v) is 2.05. The molecule has 0 atom stereocenters. The smallest absolute Gasteiger partial charge is 0.147 e. The van der Waals surface area contributed by atoms with Crippen LogP contribution in [0.3, 0.4) is 0 Å². The van der Waals surface area contributed by atoms with E-state index in [2.05, 4.69) is 31.4 Å². The highest BCUT2D eigenvalue weighted by Gasteiger charge is 2.03. The number of hydrogen-bond donors (Lipinski definition) is 1. The molecule has 1 aromatic carbocycles. The highest BCUT2D eigenvalue weighted by molar-refractivity contribution is 9.10. The third kappa shape index (κ3) is 3.58. The first-order chi connectivity index (χ1) is 10.3. The third-order valence-electron chi connectivity index (χ3n) is 2.79. The van der Waals surface area contributed by atoms with Gasteiger partial charge in [0.2, 0.25) is 0 Å². The maximum absolute atomic E-state index is 5.72. The van der Waals surface area contributed by atoms with Crippen LogP contribution >= 0.6 is 15.9 Å². The van der Waals surface area contributed by atoms with Gasteiger partial charge in [-0.1, -0.05) is 34.1 Å². The van der Waals surface area contributed by atoms with Crippen LogP contribution in [0.2, 0.25) is 0 Å². The van der Waals surface area contributed by atoms with Gasteiger partial charge >= 0.3 is 0 Å². The van der Waals surface area contributed by atoms with Crippen LogP contribution in [0.4, 0.5) is 5.82 Å². The molecule has 0 spiro atoms. The van der Waals surface area contributed by atoms with E-state index in [4.69, 9.17) is 4.42 Å². The molecule has 21 heavy (non-hydrogen) atoms. The predicted molar refractivity (Wildman–Crippen MR) is 87.3 cm³/mol. The average Bonchev–Trinajstić information content (AvgIpc) is 2.98. The summed E-state index contributed by atoms with van der Waals surface area (Å²) in [7, 11) is 0. The maximum atomic E-state index is 5.72. The lowest BCUT2D eigenvalue weighted by molar-refractivity contribution is 0.575. The van der Waals surface area contributed by atoms with E-state index in [1.165, 1.54) is 0 Å². The van der Waals surface area contributed by atoms with Gasteiger partial charge in [0.05, 0.1) is 6.21 Å². The molecule has 0 amide bonds. The lowest BCUT2D eigenvalue weighted by atomic mass is 10.2. The minimum Gasteiger partial charge on any atom is -0.455 e. The Morgan fingerprint density at radius 3 is 2.67 bits per heavy atom. The van der Waals surface area contributed by atoms with E-state index in [1.54, 1.807) is 12.4 Å². The first-order valence-corrected chi connectivity index (χ1v) is 7.16. The molecular formula is C16H12BrN3O. The highest BCUT2D eigenvalue weighted by atomic mass is 79.9. The molecule has 0 fully saturated rings. The number of benzene rings is 1. The van der Waals surface area contributed by atoms with E-state index in [9.17, 15) is 0 Å². The zero-order valence-corrected chi connectivity index (χ0v) is 12.6. The Balaban J connectivity index is 1.69. The van der Waals surface area contributed by atoms with Crippen LogP contribution in [-0.2, 0) is 0 Å². The molecule has 2 aromatic heterocycles. The van der Waals surface area contributed by atoms with Gasteiger partial charge in [0.1, 0.15) is 17.3 Å². The maximum Gasteiger partial charge on any atom is 0.147 e. The molecule has 0 unspecified atom stereocenters. The van der Waals surface area contributed by atoms with Crippen molar-refractivity contribution in [3.05, 3.63) is 71.0 Å². The van der Waals surface area contributed by atoms with Crippen molar-refractivity contribution >= 4 is 28.0 Å². The summed E-state index contributed by atoms with van der Waals surface area (Å²) < 4.78 is 6.76. The van der Waals surface area contributed by atoms with E-state index in [1.807, 2.05) is 54.6 Å². The summed E-state index contributed by atoms with van der Waals surface area (Å²) in [6.45, 7) is 0. The monoisotopic (exact) mass is 341 g/mol. The summed E-state index contributed by atoms with van der Waals surface area (Å²) in [5.74, 6) is 2.17. The molecule has 3 rings (SSSR count). The van der Waals surface area contributed by atoms with E-state index in [-0.39, 0.29) is 0 Å². The van der Waals surface area contributed by atoms with E-state index >= 15 is 0 Å². The van der Waals surface area contributed by atoms with E-state index in [0.29, 0.717) is 11.6 Å². The van der Waals surface area contributed by atoms with Gasteiger partial charge in [-0.2, -0.15) is 5.10 Å². The summed E-state index contributed by atoms with van der Waals surface area (Å²) in [4.78, 5) is 4.11. The van der Waals surface area contributed by atoms with Crippen LogP contribution in [-0.4, -0.2) is 11.2 Å². The molecule has 5 heteroatoms. The molecule has 0 saturated heterocycles. The fourth-order valence-electron chi connectivity index (χ4n) is 1.78. The first-order valence-electron chi connectivity index (χ1n) is 6.37. The molecule has 0 radical (unpaired) electrons. The van der Waals surface area contributed by atoms with Crippen molar-refractivity contribution in [3.63, 3.8) is 0 Å². The van der Waals surface area contributed by atoms with Crippen molar-refractivity contribution in [1.29, 1.82) is 0 Å². The average molecular weight is 342 g/mol. The molecule has 1 N–H and O–H groups in total. The van der Waals surface area contributed by atoms with E-state index in [0.717, 1.165) is 15.8 Å². The van der Waals surface area contributed by atoms with Crippen LogP contribution in [0.25, 0.3) is 11.3 Å². The Morgan fingerprint density at radius 1 is 1.05 bits per heavy atom. The minimum absolute atomic E-state index is 0.677. The molecule has 0 aliphatic carbocycles. The summed E-state index contributed by atoms with van der Waals surface area (Å²) in [6, 6.07) is 17.3. The number of anilines is 1. The van der Waals surface area contributed by atoms with Crippen molar-refractivity contribution in [2.24, 2.45) is 5.10 Å². The Morgan fingerprint density at radius 2 is 1.90 bits per heavy atom. The molecule has 104 valence electrons. The van der Waals surface area contributed by atoms with Gasteiger partial charge in [-0.25, -0.2) is 4.98 Å². The number of rotatable bonds is 4. The van der Waals surface area contributed by atoms with Crippen molar-refractivity contribution in [2.75, 3.05) is 5.43 Å². The minimum atomic E-state index is 0.677. The van der Waals surface area contributed by atoms with Crippen LogP contribution < -0.4 is 5.43 Å². The number of nitrogens with one attached hydrogen (secondary N) is 1. The highest BCUT2D eigenvalue weighted by Crippen LogP contribution is 2.23. The van der Waals surface area contributed by atoms with Gasteiger partial charge in [-0.05, 0) is 36.4 Å². The number of hydrazone groups is 1. The lowest BCUT2D eigenvalue weighted by Gasteiger charge is -1.97. The molecule has 0 bridgehead atoms. The Kier molecular flexibility index (Phi) is 4.12. The standard InChI is InChI=1S/C16H12BrN3O/c17-13-6-4-12(5-7-13)15-9-8-14(21-15)11-19-20-16-3-1-2-10-18-16/h1-11H,(H,18,20)/b19-11+. The second-order valence-corrected chi connectivity index (χ2v) is 5.21. The number of furan rings is 1. The van der Waals surface area contributed by atoms with Crippen LogP contribution in [0.1, 0.15) is 5.76 Å². The Hall–Kier alpha value is -2.40. The van der Waals surface area contributed by atoms with Crippen molar-refractivity contribution in [1.82, 2.24) is 4.98 Å². The molecule has 0 aliphatic rings. The normalized spacial score (nSPS) is 10.9. The first kappa shape index (κ1) is 13.6. The fraction of sp³-hybridized carbons (Fsp3) is 0. The number of aromatic nitrogens is 1. The van der Waals surface area contributed by atoms with E-state index < -0.39 is 0 Å². The zero-order chi connectivity index (χ0) is 14.5. The van der Waals surface area contributed by atoms with Gasteiger partial charge < -0.3 is 4.42 Å². The zero-order valence-electron chi connectivity index (χ0n) is 11.0. The Labute approximate surface area is 130 Å². The van der Waals surface area contributed by atoms with Crippen molar-refractivity contribution < 1.29 is 4.42 Å². The topological polar surface area (TPSA) is 50.4 Å². The van der Waals surface area contributed by atoms with Gasteiger partial charge in [0.15, 0.2) is 0 Å². The molecule has 4 nitrogen and oxygen atoms in total. The largest absolute Gasteiger partial charge is 0.455 e. The molecule has 2 heterocycles. The lowest BCUT2D eigenvalue weighted by Crippen LogP contribution is -1.91. The molecule has 3 aromatic rings. The van der Waals surface area contributed by atoms with Gasteiger partial charge in [0.25, 0.3) is 0 Å². The van der Waals surface area contributed by atoms with Crippen LogP contribution in [0.15, 0.2) is 74.8 Å². The second-order valence-electron chi connectivity index (χ2n) is 4.29. The molecule has 0 saturated carbocycles. The quantitative estimate of drug-likeness (QED) is 0.559. The Bertz CT molecular complexity index is 736. The SMILES string of the molecule is Brc1ccc(-c2ccc(/C=N/Nc3ccccn3)o2)cc1. The summed E-state index contributed by atoms with van der Waals surface area (Å²) >= 11 is 3.41. The third-order valence-corrected chi connectivity index (χ3v) is 3.32. The van der Waals surface area contributed by atoms with Gasteiger partial charge in [-0.15, -0.1) is 0 Å². The molecule has 0 aliphatic heterocycles. The number of hydrogen-bond acceptors (Lipinski definition) is 4. The summed E-state index contributed by atoms with van der Waals surface area (Å²) in [5.41, 5.74) is 3.87. The second kappa shape index (κ2) is 6.37. The van der Waals surface area contributed by atoms with Gasteiger partial charge in [-0.3, -0.25) is 5.43 Å². The van der Waals surface area contributed by atoms with Crippen molar-refractivity contribution in [2.45, 2.75) is 0 Å². The van der Waals surface area contributed by atoms with Crippen molar-refractivity contribution in [3.8, 4) is 11.3 Å². The molecular weight excluding hydrogens is 330 g/mol. The number of pyridine rings is 1. The number of halogens is 1.